The highest BCUT2D eigenvalue weighted by Crippen LogP contribution is 2.37. The number of nitrogens with two attached hydrogens (primary N) is 1. The van der Waals surface area contributed by atoms with Gasteiger partial charge in [0.25, 0.3) is 0 Å². The zero-order valence-electron chi connectivity index (χ0n) is 22.6. The van der Waals surface area contributed by atoms with E-state index in [1.165, 1.54) is 51.4 Å². The minimum atomic E-state index is -0.768. The molecule has 204 valence electrons. The molecule has 0 bridgehead atoms. The standard InChI is InChI=1S/C29H53NO5/c1-3-5-7-9-10-11-12-13-14-18-23(24(28(32)33)19-16-17-21-27(30)31)22-26-25(29(34)35-26)20-15-8-6-4-2/h23-26H,3-22H2,1-2H3,(H2,30,31)(H,32,33)/t23?,24-,25-,26-/m0/s1. The van der Waals surface area contributed by atoms with Crippen LogP contribution in [0, 0.1) is 17.8 Å². The average Bonchev–Trinajstić information content (AvgIpc) is 2.81. The molecular weight excluding hydrogens is 442 g/mol. The molecule has 6 heteroatoms. The lowest BCUT2D eigenvalue weighted by Gasteiger charge is -2.38. The lowest BCUT2D eigenvalue weighted by molar-refractivity contribution is -0.188. The van der Waals surface area contributed by atoms with Gasteiger partial charge >= 0.3 is 11.9 Å². The van der Waals surface area contributed by atoms with Gasteiger partial charge in [-0.3, -0.25) is 14.4 Å². The second kappa shape index (κ2) is 19.6. The van der Waals surface area contributed by atoms with Gasteiger partial charge in [0.2, 0.25) is 5.91 Å². The van der Waals surface area contributed by atoms with Crippen LogP contribution in [-0.2, 0) is 19.1 Å². The number of esters is 1. The van der Waals surface area contributed by atoms with Gasteiger partial charge in [-0.05, 0) is 38.0 Å². The number of carbonyl (C=O) groups excluding carboxylic acids is 2. The van der Waals surface area contributed by atoms with Gasteiger partial charge in [0.05, 0.1) is 11.8 Å². The molecule has 0 radical (unpaired) electrons. The van der Waals surface area contributed by atoms with Crippen molar-refractivity contribution in [3.8, 4) is 0 Å². The molecule has 3 N–H and O–H groups in total. The molecule has 0 spiro atoms. The van der Waals surface area contributed by atoms with Gasteiger partial charge in [-0.15, -0.1) is 0 Å². The summed E-state index contributed by atoms with van der Waals surface area (Å²) in [6.45, 7) is 4.41. The van der Waals surface area contributed by atoms with E-state index in [2.05, 4.69) is 13.8 Å². The Bertz CT molecular complexity index is 594. The molecule has 0 aliphatic carbocycles. The lowest BCUT2D eigenvalue weighted by Crippen LogP contribution is -2.47. The Morgan fingerprint density at radius 3 is 1.91 bits per heavy atom. The maximum Gasteiger partial charge on any atom is 0.313 e. The number of carbonyl (C=O) groups is 3. The predicted octanol–water partition coefficient (Wildman–Crippen LogP) is 7.17. The number of unbranched alkanes of at least 4 members (excludes halogenated alkanes) is 12. The highest BCUT2D eigenvalue weighted by molar-refractivity contribution is 5.78. The highest BCUT2D eigenvalue weighted by Gasteiger charge is 2.44. The average molecular weight is 496 g/mol. The number of cyclic esters (lactones) is 1. The first-order valence-corrected chi connectivity index (χ1v) is 14.6. The van der Waals surface area contributed by atoms with E-state index in [0.717, 1.165) is 44.9 Å². The van der Waals surface area contributed by atoms with Gasteiger partial charge in [0.1, 0.15) is 6.10 Å². The summed E-state index contributed by atoms with van der Waals surface area (Å²) >= 11 is 0. The molecular formula is C29H53NO5. The molecule has 6 nitrogen and oxygen atoms in total. The second-order valence-corrected chi connectivity index (χ2v) is 10.7. The predicted molar refractivity (Wildman–Crippen MR) is 141 cm³/mol. The first kappa shape index (κ1) is 31.4. The van der Waals surface area contributed by atoms with E-state index >= 15 is 0 Å². The molecule has 1 saturated heterocycles. The Morgan fingerprint density at radius 2 is 1.37 bits per heavy atom. The van der Waals surface area contributed by atoms with Crippen LogP contribution in [0.1, 0.15) is 142 Å². The smallest absolute Gasteiger partial charge is 0.313 e. The number of hydrogen-bond donors (Lipinski definition) is 2. The van der Waals surface area contributed by atoms with Crippen LogP contribution < -0.4 is 5.73 Å². The first-order valence-electron chi connectivity index (χ1n) is 14.6. The summed E-state index contributed by atoms with van der Waals surface area (Å²) in [5.74, 6) is -1.74. The van der Waals surface area contributed by atoms with Crippen molar-refractivity contribution in [2.45, 2.75) is 148 Å². The molecule has 1 fully saturated rings. The fraction of sp³-hybridized carbons (Fsp3) is 0.897. The highest BCUT2D eigenvalue weighted by atomic mass is 16.6. The minimum absolute atomic E-state index is 0.00174. The molecule has 1 amide bonds. The summed E-state index contributed by atoms with van der Waals surface area (Å²) < 4.78 is 5.52. The van der Waals surface area contributed by atoms with Crippen LogP contribution in [0.25, 0.3) is 0 Å². The van der Waals surface area contributed by atoms with Gasteiger partial charge in [0.15, 0.2) is 0 Å². The van der Waals surface area contributed by atoms with Crippen molar-refractivity contribution in [1.29, 1.82) is 0 Å². The number of carboxylic acids is 1. The van der Waals surface area contributed by atoms with Crippen molar-refractivity contribution in [3.05, 3.63) is 0 Å². The Kier molecular flexibility index (Phi) is 17.6. The molecule has 1 rings (SSSR count). The molecule has 1 aliphatic rings. The molecule has 0 saturated carbocycles. The van der Waals surface area contributed by atoms with Crippen LogP contribution >= 0.6 is 0 Å². The maximum absolute atomic E-state index is 12.2. The molecule has 35 heavy (non-hydrogen) atoms. The molecule has 0 aromatic carbocycles. The normalized spacial score (nSPS) is 19.1. The topological polar surface area (TPSA) is 107 Å². The van der Waals surface area contributed by atoms with E-state index in [1.54, 1.807) is 0 Å². The molecule has 0 aromatic rings. The van der Waals surface area contributed by atoms with Gasteiger partial charge in [-0.2, -0.15) is 0 Å². The van der Waals surface area contributed by atoms with E-state index < -0.39 is 11.9 Å². The van der Waals surface area contributed by atoms with E-state index in [9.17, 15) is 19.5 Å². The number of aliphatic carboxylic acids is 1. The molecule has 1 unspecified atom stereocenters. The number of carboxylic acid groups (broad SMARTS) is 1. The van der Waals surface area contributed by atoms with E-state index in [4.69, 9.17) is 10.5 Å². The number of primary amides is 1. The summed E-state index contributed by atoms with van der Waals surface area (Å²) in [5, 5.41) is 10.0. The van der Waals surface area contributed by atoms with Crippen LogP contribution in [0.5, 0.6) is 0 Å². The zero-order valence-corrected chi connectivity index (χ0v) is 22.6. The van der Waals surface area contributed by atoms with Crippen LogP contribution in [-0.4, -0.2) is 29.1 Å². The SMILES string of the molecule is CCCCCCCCCCCC(C[C@@H]1OC(=O)[C@H]1CCCCCC)[C@H](CCCCC(N)=O)C(=O)O. The number of hydrogen-bond acceptors (Lipinski definition) is 4. The zero-order chi connectivity index (χ0) is 25.9. The van der Waals surface area contributed by atoms with E-state index in [-0.39, 0.29) is 29.8 Å². The summed E-state index contributed by atoms with van der Waals surface area (Å²) in [6.07, 6.45) is 20.0. The van der Waals surface area contributed by atoms with Crippen molar-refractivity contribution in [2.75, 3.05) is 0 Å². The minimum Gasteiger partial charge on any atom is -0.481 e. The number of amides is 1. The number of rotatable bonds is 24. The lowest BCUT2D eigenvalue weighted by atomic mass is 9.76. The summed E-state index contributed by atoms with van der Waals surface area (Å²) in [5.41, 5.74) is 5.24. The molecule has 0 aromatic heterocycles. The maximum atomic E-state index is 12.2. The molecule has 4 atom stereocenters. The van der Waals surface area contributed by atoms with Crippen LogP contribution in [0.2, 0.25) is 0 Å². The third-order valence-corrected chi connectivity index (χ3v) is 7.68. The van der Waals surface area contributed by atoms with Gasteiger partial charge in [0, 0.05) is 6.42 Å². The van der Waals surface area contributed by atoms with Gasteiger partial charge in [-0.25, -0.2) is 0 Å². The summed E-state index contributed by atoms with van der Waals surface area (Å²) in [4.78, 5) is 35.4. The molecule has 1 heterocycles. The Labute approximate surface area is 214 Å². The van der Waals surface area contributed by atoms with E-state index in [0.29, 0.717) is 32.1 Å². The third-order valence-electron chi connectivity index (χ3n) is 7.68. The monoisotopic (exact) mass is 495 g/mol. The Balaban J connectivity index is 2.60. The largest absolute Gasteiger partial charge is 0.481 e. The van der Waals surface area contributed by atoms with Crippen LogP contribution in [0.15, 0.2) is 0 Å². The van der Waals surface area contributed by atoms with Crippen LogP contribution in [0.4, 0.5) is 0 Å². The summed E-state index contributed by atoms with van der Waals surface area (Å²) in [6, 6.07) is 0. The fourth-order valence-electron chi connectivity index (χ4n) is 5.43. The third kappa shape index (κ3) is 13.9. The first-order chi connectivity index (χ1) is 16.9. The Morgan fingerprint density at radius 1 is 0.829 bits per heavy atom. The van der Waals surface area contributed by atoms with Gasteiger partial charge < -0.3 is 15.6 Å². The quantitative estimate of drug-likeness (QED) is 0.109. The number of ether oxygens (including phenoxy) is 1. The van der Waals surface area contributed by atoms with Crippen LogP contribution in [0.3, 0.4) is 0 Å². The summed E-state index contributed by atoms with van der Waals surface area (Å²) in [7, 11) is 0. The Hall–Kier alpha value is -1.59. The molecule has 1 aliphatic heterocycles. The van der Waals surface area contributed by atoms with Gasteiger partial charge in [-0.1, -0.05) is 104 Å². The van der Waals surface area contributed by atoms with Crippen molar-refractivity contribution in [1.82, 2.24) is 0 Å². The van der Waals surface area contributed by atoms with Crippen molar-refractivity contribution >= 4 is 17.8 Å². The second-order valence-electron chi connectivity index (χ2n) is 10.7. The van der Waals surface area contributed by atoms with Crippen molar-refractivity contribution in [3.63, 3.8) is 0 Å². The fourth-order valence-corrected chi connectivity index (χ4v) is 5.43. The van der Waals surface area contributed by atoms with E-state index in [1.807, 2.05) is 0 Å². The van der Waals surface area contributed by atoms with Crippen molar-refractivity contribution < 1.29 is 24.2 Å². The van der Waals surface area contributed by atoms with Crippen molar-refractivity contribution in [2.24, 2.45) is 23.5 Å².